The Bertz CT molecular complexity index is 1180. The van der Waals surface area contributed by atoms with Gasteiger partial charge in [0, 0.05) is 37.2 Å². The molecule has 0 unspecified atom stereocenters. The number of hydrogen-bond acceptors (Lipinski definition) is 7. The van der Waals surface area contributed by atoms with Gasteiger partial charge in [0.05, 0.1) is 18.9 Å². The van der Waals surface area contributed by atoms with Gasteiger partial charge in [-0.25, -0.2) is 9.59 Å². The highest BCUT2D eigenvalue weighted by Crippen LogP contribution is 2.26. The molecule has 2 heterocycles. The molecule has 0 saturated carbocycles. The minimum Gasteiger partial charge on any atom is -0.508 e. The lowest BCUT2D eigenvalue weighted by Gasteiger charge is -2.41. The monoisotopic (exact) mass is 584 g/mol. The average Bonchev–Trinajstić information content (AvgIpc) is 2.95. The molecule has 0 aliphatic carbocycles. The van der Waals surface area contributed by atoms with Gasteiger partial charge in [0.25, 0.3) is 0 Å². The topological polar surface area (TPSA) is 112 Å². The molecular formula is C26H28ClF3N4O6. The third kappa shape index (κ3) is 7.34. The van der Waals surface area contributed by atoms with Gasteiger partial charge in [0.15, 0.2) is 0 Å². The minimum absolute atomic E-state index is 0.0884. The summed E-state index contributed by atoms with van der Waals surface area (Å²) in [6.45, 7) is 3.71. The maximum absolute atomic E-state index is 13.7. The first-order valence-corrected chi connectivity index (χ1v) is 13.0. The SMILES string of the molecule is O=C([C@H](NC(=O)N(OC(=O)C(F)(F)F)c1ccc(Cl)cc1)c1ccc(O)cc1)N1CCC(N2CCOCC2)CC1. The predicted molar refractivity (Wildman–Crippen MR) is 137 cm³/mol. The number of benzene rings is 2. The Hall–Kier alpha value is -3.55. The molecule has 0 bridgehead atoms. The summed E-state index contributed by atoms with van der Waals surface area (Å²) >= 11 is 5.85. The lowest BCUT2D eigenvalue weighted by molar-refractivity contribution is -0.199. The van der Waals surface area contributed by atoms with E-state index in [-0.39, 0.29) is 33.1 Å². The van der Waals surface area contributed by atoms with Gasteiger partial charge in [-0.3, -0.25) is 9.69 Å². The van der Waals surface area contributed by atoms with Crippen LogP contribution in [0.3, 0.4) is 0 Å². The van der Waals surface area contributed by atoms with E-state index in [4.69, 9.17) is 16.3 Å². The number of ether oxygens (including phenoxy) is 1. The van der Waals surface area contributed by atoms with E-state index in [0.29, 0.717) is 39.1 Å². The van der Waals surface area contributed by atoms with Crippen molar-refractivity contribution in [3.63, 3.8) is 0 Å². The highest BCUT2D eigenvalue weighted by atomic mass is 35.5. The van der Waals surface area contributed by atoms with Crippen LogP contribution in [0.2, 0.25) is 5.02 Å². The van der Waals surface area contributed by atoms with Crippen molar-refractivity contribution in [3.8, 4) is 5.75 Å². The Kier molecular flexibility index (Phi) is 9.38. The lowest BCUT2D eigenvalue weighted by atomic mass is 10.00. The first-order valence-electron chi connectivity index (χ1n) is 12.6. The molecule has 2 aliphatic heterocycles. The summed E-state index contributed by atoms with van der Waals surface area (Å²) in [4.78, 5) is 46.9. The number of phenols is 1. The highest BCUT2D eigenvalue weighted by Gasteiger charge is 2.44. The first kappa shape index (κ1) is 29.4. The third-order valence-corrected chi connectivity index (χ3v) is 6.98. The number of anilines is 1. The van der Waals surface area contributed by atoms with Crippen LogP contribution in [-0.2, 0) is 19.2 Å². The van der Waals surface area contributed by atoms with Crippen molar-refractivity contribution in [2.45, 2.75) is 31.1 Å². The Balaban J connectivity index is 1.55. The molecule has 2 saturated heterocycles. The second-order valence-electron chi connectivity index (χ2n) is 9.33. The number of urea groups is 1. The molecule has 216 valence electrons. The van der Waals surface area contributed by atoms with E-state index >= 15 is 0 Å². The molecule has 2 fully saturated rings. The number of nitrogens with one attached hydrogen (secondary N) is 1. The zero-order valence-corrected chi connectivity index (χ0v) is 22.0. The van der Waals surface area contributed by atoms with E-state index < -0.39 is 30.1 Å². The number of likely N-dealkylation sites (tertiary alicyclic amines) is 1. The molecule has 0 radical (unpaired) electrons. The summed E-state index contributed by atoms with van der Waals surface area (Å²) in [5.41, 5.74) is 0.0346. The third-order valence-electron chi connectivity index (χ3n) is 6.73. The molecule has 10 nitrogen and oxygen atoms in total. The summed E-state index contributed by atoms with van der Waals surface area (Å²) in [5.74, 6) is -3.22. The number of aromatic hydroxyl groups is 1. The van der Waals surface area contributed by atoms with E-state index in [2.05, 4.69) is 15.1 Å². The van der Waals surface area contributed by atoms with E-state index in [1.807, 2.05) is 0 Å². The summed E-state index contributed by atoms with van der Waals surface area (Å²) in [6.07, 6.45) is -3.99. The van der Waals surface area contributed by atoms with Gasteiger partial charge in [-0.2, -0.15) is 13.2 Å². The van der Waals surface area contributed by atoms with Gasteiger partial charge >= 0.3 is 18.2 Å². The van der Waals surface area contributed by atoms with Gasteiger partial charge < -0.3 is 24.9 Å². The molecule has 2 aromatic carbocycles. The minimum atomic E-state index is -5.39. The number of alkyl halides is 3. The number of amides is 3. The van der Waals surface area contributed by atoms with Crippen LogP contribution < -0.4 is 10.4 Å². The standard InChI is InChI=1S/C26H28ClF3N4O6/c27-18-3-5-20(6-4-18)34(40-24(37)26(28,29)30)25(38)31-22(17-1-7-21(35)8-2-17)23(36)33-11-9-19(10-12-33)32-13-15-39-16-14-32/h1-8,19,22,35H,9-16H2,(H,31,38)/t22-/m1/s1. The molecule has 2 aliphatic rings. The quantitative estimate of drug-likeness (QED) is 0.516. The second-order valence-corrected chi connectivity index (χ2v) is 9.76. The molecular weight excluding hydrogens is 557 g/mol. The zero-order valence-electron chi connectivity index (χ0n) is 21.3. The summed E-state index contributed by atoms with van der Waals surface area (Å²) in [6, 6.07) is 8.01. The van der Waals surface area contributed by atoms with Gasteiger partial charge in [0.2, 0.25) is 5.91 Å². The number of nitrogens with zero attached hydrogens (tertiary/aromatic N) is 3. The van der Waals surface area contributed by atoms with Crippen LogP contribution in [0.25, 0.3) is 0 Å². The fourth-order valence-corrected chi connectivity index (χ4v) is 4.76. The summed E-state index contributed by atoms with van der Waals surface area (Å²) in [5, 5.41) is 12.5. The van der Waals surface area contributed by atoms with Crippen LogP contribution in [0.1, 0.15) is 24.4 Å². The average molecular weight is 585 g/mol. The lowest BCUT2D eigenvalue weighted by Crippen LogP contribution is -2.53. The predicted octanol–water partition coefficient (Wildman–Crippen LogP) is 3.65. The normalized spacial score (nSPS) is 17.6. The highest BCUT2D eigenvalue weighted by molar-refractivity contribution is 6.30. The molecule has 1 atom stereocenters. The van der Waals surface area contributed by atoms with Gasteiger partial charge in [-0.15, -0.1) is 5.06 Å². The van der Waals surface area contributed by atoms with E-state index in [1.165, 1.54) is 48.5 Å². The van der Waals surface area contributed by atoms with E-state index in [0.717, 1.165) is 13.1 Å². The van der Waals surface area contributed by atoms with Crippen molar-refractivity contribution < 1.29 is 42.2 Å². The molecule has 14 heteroatoms. The second kappa shape index (κ2) is 12.7. The Morgan fingerprint density at radius 1 is 1.00 bits per heavy atom. The zero-order chi connectivity index (χ0) is 28.9. The molecule has 40 heavy (non-hydrogen) atoms. The molecule has 2 N–H and O–H groups in total. The number of phenolic OH excluding ortho intramolecular Hbond substituents is 1. The fourth-order valence-electron chi connectivity index (χ4n) is 4.64. The summed E-state index contributed by atoms with van der Waals surface area (Å²) in [7, 11) is 0. The van der Waals surface area contributed by atoms with Crippen LogP contribution in [0.15, 0.2) is 48.5 Å². The smallest absolute Gasteiger partial charge is 0.493 e. The number of piperidine rings is 1. The number of carbonyl (C=O) groups excluding carboxylic acids is 3. The number of morpholine rings is 1. The Morgan fingerprint density at radius 2 is 1.60 bits per heavy atom. The molecule has 0 aromatic heterocycles. The van der Waals surface area contributed by atoms with Crippen LogP contribution in [0.4, 0.5) is 23.7 Å². The van der Waals surface area contributed by atoms with Gasteiger partial charge in [0.1, 0.15) is 11.8 Å². The van der Waals surface area contributed by atoms with Crippen LogP contribution in [0.5, 0.6) is 5.75 Å². The van der Waals surface area contributed by atoms with Crippen molar-refractivity contribution >= 4 is 35.2 Å². The molecule has 0 spiro atoms. The number of hydrogen-bond donors (Lipinski definition) is 2. The van der Waals surface area contributed by atoms with Crippen molar-refractivity contribution in [2.75, 3.05) is 44.5 Å². The van der Waals surface area contributed by atoms with Gasteiger partial charge in [-0.05, 0) is 54.8 Å². The van der Waals surface area contributed by atoms with E-state index in [1.54, 1.807) is 4.90 Å². The summed E-state index contributed by atoms with van der Waals surface area (Å²) < 4.78 is 44.4. The Morgan fingerprint density at radius 3 is 2.17 bits per heavy atom. The van der Waals surface area contributed by atoms with Crippen LogP contribution in [-0.4, -0.2) is 84.4 Å². The number of halogens is 4. The number of hydroxylamine groups is 1. The van der Waals surface area contributed by atoms with Crippen molar-refractivity contribution in [2.24, 2.45) is 0 Å². The Labute approximate surface area is 233 Å². The fraction of sp³-hybridized carbons (Fsp3) is 0.423. The number of carbonyl (C=O) groups is 3. The van der Waals surface area contributed by atoms with E-state index in [9.17, 15) is 32.7 Å². The molecule has 4 rings (SSSR count). The first-order chi connectivity index (χ1) is 19.0. The van der Waals surface area contributed by atoms with Crippen molar-refractivity contribution in [1.29, 1.82) is 0 Å². The molecule has 2 aromatic rings. The van der Waals surface area contributed by atoms with Crippen molar-refractivity contribution in [3.05, 3.63) is 59.1 Å². The maximum Gasteiger partial charge on any atom is 0.493 e. The van der Waals surface area contributed by atoms with Crippen molar-refractivity contribution in [1.82, 2.24) is 15.1 Å². The molecule has 3 amide bonds. The van der Waals surface area contributed by atoms with Crippen LogP contribution >= 0.6 is 11.6 Å². The van der Waals surface area contributed by atoms with Gasteiger partial charge in [-0.1, -0.05) is 23.7 Å². The number of rotatable bonds is 5. The maximum atomic E-state index is 13.7. The van der Waals surface area contributed by atoms with Crippen LogP contribution in [0, 0.1) is 0 Å². The largest absolute Gasteiger partial charge is 0.508 e.